The van der Waals surface area contributed by atoms with Crippen molar-refractivity contribution in [1.29, 1.82) is 0 Å². The Morgan fingerprint density at radius 3 is 1.94 bits per heavy atom. The highest BCUT2D eigenvalue weighted by molar-refractivity contribution is 5.81. The lowest BCUT2D eigenvalue weighted by atomic mass is 10.1. The Bertz CT molecular complexity index is 752. The van der Waals surface area contributed by atoms with Crippen molar-refractivity contribution < 1.29 is 23.7 Å². The second-order valence-corrected chi connectivity index (χ2v) is 7.26. The van der Waals surface area contributed by atoms with Gasteiger partial charge in [0.05, 0.1) is 13.2 Å². The molecule has 0 aromatic heterocycles. The third kappa shape index (κ3) is 10.6. The van der Waals surface area contributed by atoms with Crippen molar-refractivity contribution in [2.75, 3.05) is 20.0 Å². The summed E-state index contributed by atoms with van der Waals surface area (Å²) >= 11 is 0. The van der Waals surface area contributed by atoms with Crippen molar-refractivity contribution in [2.45, 2.75) is 51.9 Å². The molecule has 0 heterocycles. The predicted molar refractivity (Wildman–Crippen MR) is 123 cm³/mol. The monoisotopic (exact) mass is 426 g/mol. The van der Waals surface area contributed by atoms with Gasteiger partial charge in [0, 0.05) is 12.5 Å². The summed E-state index contributed by atoms with van der Waals surface area (Å²) < 4.78 is 22.0. The minimum absolute atomic E-state index is 0.119. The zero-order valence-electron chi connectivity index (χ0n) is 18.5. The lowest BCUT2D eigenvalue weighted by Gasteiger charge is -2.10. The van der Waals surface area contributed by atoms with E-state index in [1.165, 1.54) is 32.1 Å². The molecule has 0 atom stereocenters. The maximum atomic E-state index is 11.0. The van der Waals surface area contributed by atoms with Crippen molar-refractivity contribution in [3.8, 4) is 17.2 Å². The number of carbonyl (C=O) groups is 1. The molecule has 0 amide bonds. The van der Waals surface area contributed by atoms with Crippen LogP contribution in [0.1, 0.15) is 51.0 Å². The van der Waals surface area contributed by atoms with Gasteiger partial charge in [-0.2, -0.15) is 0 Å². The van der Waals surface area contributed by atoms with Gasteiger partial charge in [0.2, 0.25) is 6.79 Å². The largest absolute Gasteiger partial charge is 0.494 e. The molecule has 0 saturated carbocycles. The zero-order chi connectivity index (χ0) is 22.2. The first-order valence-corrected chi connectivity index (χ1v) is 11.1. The van der Waals surface area contributed by atoms with Gasteiger partial charge in [-0.1, -0.05) is 57.7 Å². The van der Waals surface area contributed by atoms with Crippen LogP contribution in [0.5, 0.6) is 17.2 Å². The molecule has 0 N–H and O–H groups in total. The first kappa shape index (κ1) is 24.3. The lowest BCUT2D eigenvalue weighted by molar-refractivity contribution is -0.137. The predicted octanol–water partition coefficient (Wildman–Crippen LogP) is 6.11. The third-order valence-corrected chi connectivity index (χ3v) is 4.77. The minimum atomic E-state index is -0.408. The van der Waals surface area contributed by atoms with Crippen LogP contribution in [0.3, 0.4) is 0 Å². The fourth-order valence-electron chi connectivity index (χ4n) is 2.95. The summed E-state index contributed by atoms with van der Waals surface area (Å²) in [6, 6.07) is 15.2. The van der Waals surface area contributed by atoms with E-state index in [9.17, 15) is 4.79 Å². The van der Waals surface area contributed by atoms with Gasteiger partial charge in [-0.15, -0.1) is 0 Å². The second-order valence-electron chi connectivity index (χ2n) is 7.26. The Balaban J connectivity index is 1.60. The molecule has 0 bridgehead atoms. The molecule has 0 spiro atoms. The molecule has 2 aromatic rings. The molecule has 0 radical (unpaired) electrons. The van der Waals surface area contributed by atoms with Crippen LogP contribution < -0.4 is 14.2 Å². The molecule has 2 aromatic carbocycles. The minimum Gasteiger partial charge on any atom is -0.494 e. The van der Waals surface area contributed by atoms with Crippen molar-refractivity contribution >= 4 is 5.97 Å². The van der Waals surface area contributed by atoms with Gasteiger partial charge in [-0.25, -0.2) is 4.79 Å². The SMILES string of the molecule is C=CC(=O)OCCc1ccc(OCOc2ccc(OCCCCCCCC)cc2)cc1. The number of esters is 1. The molecule has 0 aliphatic rings. The van der Waals surface area contributed by atoms with Gasteiger partial charge < -0.3 is 18.9 Å². The fourth-order valence-corrected chi connectivity index (χ4v) is 2.95. The number of benzene rings is 2. The molecule has 0 saturated heterocycles. The van der Waals surface area contributed by atoms with Crippen molar-refractivity contribution in [2.24, 2.45) is 0 Å². The first-order chi connectivity index (χ1) is 15.2. The normalized spacial score (nSPS) is 10.4. The lowest BCUT2D eigenvalue weighted by Crippen LogP contribution is -2.06. The highest BCUT2D eigenvalue weighted by atomic mass is 16.7. The Hall–Kier alpha value is -2.95. The Morgan fingerprint density at radius 1 is 0.774 bits per heavy atom. The van der Waals surface area contributed by atoms with Crippen molar-refractivity contribution in [3.05, 3.63) is 66.7 Å². The summed E-state index contributed by atoms with van der Waals surface area (Å²) in [6.45, 7) is 6.80. The highest BCUT2D eigenvalue weighted by Gasteiger charge is 2.01. The average Bonchev–Trinajstić information content (AvgIpc) is 2.80. The van der Waals surface area contributed by atoms with Gasteiger partial charge >= 0.3 is 5.97 Å². The number of ether oxygens (including phenoxy) is 4. The van der Waals surface area contributed by atoms with Gasteiger partial charge in [0.15, 0.2) is 0 Å². The molecule has 0 aliphatic carbocycles. The molecule has 5 heteroatoms. The molecule has 2 rings (SSSR count). The quantitative estimate of drug-likeness (QED) is 0.140. The fraction of sp³-hybridized carbons (Fsp3) is 0.423. The van der Waals surface area contributed by atoms with Crippen LogP contribution in [0.15, 0.2) is 61.2 Å². The van der Waals surface area contributed by atoms with Crippen LogP contribution in [-0.2, 0) is 16.0 Å². The van der Waals surface area contributed by atoms with Crippen LogP contribution >= 0.6 is 0 Å². The Morgan fingerprint density at radius 2 is 1.32 bits per heavy atom. The summed E-state index contributed by atoms with van der Waals surface area (Å²) in [4.78, 5) is 11.0. The number of carbonyl (C=O) groups excluding carboxylic acids is 1. The summed E-state index contributed by atoms with van der Waals surface area (Å²) in [5.74, 6) is 1.89. The molecular weight excluding hydrogens is 392 g/mol. The van der Waals surface area contributed by atoms with Crippen LogP contribution in [-0.4, -0.2) is 26.0 Å². The van der Waals surface area contributed by atoms with E-state index in [0.29, 0.717) is 18.8 Å². The number of rotatable bonds is 16. The van der Waals surface area contributed by atoms with Gasteiger partial charge in [0.1, 0.15) is 17.2 Å². The second kappa shape index (κ2) is 14.9. The maximum absolute atomic E-state index is 11.0. The summed E-state index contributed by atoms with van der Waals surface area (Å²) in [5.41, 5.74) is 1.06. The standard InChI is InChI=1S/C26H34O5/c1-3-5-6-7-8-9-19-28-23-14-16-25(17-15-23)31-21-30-24-12-10-22(11-13-24)18-20-29-26(27)4-2/h4,10-17H,2-3,5-9,18-21H2,1H3. The molecule has 31 heavy (non-hydrogen) atoms. The number of hydrogen-bond donors (Lipinski definition) is 0. The van der Waals surface area contributed by atoms with Crippen LogP contribution in [0.4, 0.5) is 0 Å². The van der Waals surface area contributed by atoms with Gasteiger partial charge in [-0.05, 0) is 48.4 Å². The van der Waals surface area contributed by atoms with E-state index in [2.05, 4.69) is 13.5 Å². The van der Waals surface area contributed by atoms with Crippen molar-refractivity contribution in [1.82, 2.24) is 0 Å². The van der Waals surface area contributed by atoms with E-state index in [1.54, 1.807) is 0 Å². The summed E-state index contributed by atoms with van der Waals surface area (Å²) in [6.07, 6.45) is 9.33. The molecule has 168 valence electrons. The topological polar surface area (TPSA) is 54.0 Å². The van der Waals surface area contributed by atoms with E-state index < -0.39 is 5.97 Å². The summed E-state index contributed by atoms with van der Waals surface area (Å²) in [5, 5.41) is 0. The van der Waals surface area contributed by atoms with Crippen molar-refractivity contribution in [3.63, 3.8) is 0 Å². The molecule has 0 aliphatic heterocycles. The molecule has 0 fully saturated rings. The first-order valence-electron chi connectivity index (χ1n) is 11.1. The molecule has 5 nitrogen and oxygen atoms in total. The van der Waals surface area contributed by atoms with Crippen LogP contribution in [0.25, 0.3) is 0 Å². The Labute approximate surface area is 186 Å². The van der Waals surface area contributed by atoms with Crippen LogP contribution in [0.2, 0.25) is 0 Å². The number of hydrogen-bond acceptors (Lipinski definition) is 5. The Kier molecular flexibility index (Phi) is 11.7. The summed E-state index contributed by atoms with van der Waals surface area (Å²) in [7, 11) is 0. The number of unbranched alkanes of at least 4 members (excludes halogenated alkanes) is 5. The van der Waals surface area contributed by atoms with Crippen LogP contribution in [0, 0.1) is 0 Å². The van der Waals surface area contributed by atoms with E-state index in [0.717, 1.165) is 36.2 Å². The smallest absolute Gasteiger partial charge is 0.330 e. The van der Waals surface area contributed by atoms with E-state index in [1.807, 2.05) is 48.5 Å². The molecular formula is C26H34O5. The van der Waals surface area contributed by atoms with E-state index >= 15 is 0 Å². The van der Waals surface area contributed by atoms with E-state index in [-0.39, 0.29) is 6.79 Å². The zero-order valence-corrected chi connectivity index (χ0v) is 18.5. The van der Waals surface area contributed by atoms with Gasteiger partial charge in [-0.3, -0.25) is 0 Å². The van der Waals surface area contributed by atoms with Gasteiger partial charge in [0.25, 0.3) is 0 Å². The maximum Gasteiger partial charge on any atom is 0.330 e. The van der Waals surface area contributed by atoms with E-state index in [4.69, 9.17) is 18.9 Å². The highest BCUT2D eigenvalue weighted by Crippen LogP contribution is 2.19. The molecule has 0 unspecified atom stereocenters. The average molecular weight is 427 g/mol. The third-order valence-electron chi connectivity index (χ3n) is 4.77.